The molecule has 7 nitrogen and oxygen atoms in total. The first-order valence-corrected chi connectivity index (χ1v) is 9.05. The van der Waals surface area contributed by atoms with Gasteiger partial charge < -0.3 is 10.4 Å². The summed E-state index contributed by atoms with van der Waals surface area (Å²) in [7, 11) is 0. The van der Waals surface area contributed by atoms with Gasteiger partial charge in [0.1, 0.15) is 10.7 Å². The van der Waals surface area contributed by atoms with Crippen molar-refractivity contribution in [2.24, 2.45) is 0 Å². The summed E-state index contributed by atoms with van der Waals surface area (Å²) in [5, 5.41) is 25.9. The zero-order valence-corrected chi connectivity index (χ0v) is 15.3. The van der Waals surface area contributed by atoms with Crippen LogP contribution in [0.5, 0.6) is 0 Å². The fourth-order valence-corrected chi connectivity index (χ4v) is 3.23. The minimum absolute atomic E-state index is 0.0198. The standard InChI is InChI=1S/C19H17N3O4S/c1-12-2-4-14(5-3-12)19-21-16(11-27-19)18(24)20-10-17(23)13-6-8-15(9-7-13)22(25)26/h2-9,11,17,23H,10H2,1H3,(H,20,24)/t17-/m0/s1. The SMILES string of the molecule is Cc1ccc(-c2nc(C(=O)NC[C@H](O)c3ccc([N+](=O)[O-])cc3)cs2)cc1. The first kappa shape index (κ1) is 18.7. The number of hydrogen-bond acceptors (Lipinski definition) is 6. The highest BCUT2D eigenvalue weighted by atomic mass is 32.1. The van der Waals surface area contributed by atoms with Gasteiger partial charge in [0.15, 0.2) is 0 Å². The number of carbonyl (C=O) groups is 1. The number of benzene rings is 2. The summed E-state index contributed by atoms with van der Waals surface area (Å²) < 4.78 is 0. The molecule has 0 aliphatic rings. The van der Waals surface area contributed by atoms with E-state index in [4.69, 9.17) is 0 Å². The summed E-state index contributed by atoms with van der Waals surface area (Å²) in [6.45, 7) is 1.98. The van der Waals surface area contributed by atoms with E-state index in [2.05, 4.69) is 10.3 Å². The highest BCUT2D eigenvalue weighted by molar-refractivity contribution is 7.13. The molecule has 0 unspecified atom stereocenters. The molecule has 2 N–H and O–H groups in total. The van der Waals surface area contributed by atoms with E-state index >= 15 is 0 Å². The Morgan fingerprint density at radius 1 is 1.22 bits per heavy atom. The first-order chi connectivity index (χ1) is 12.9. The van der Waals surface area contributed by atoms with Crippen LogP contribution in [0.1, 0.15) is 27.7 Å². The maximum Gasteiger partial charge on any atom is 0.270 e. The van der Waals surface area contributed by atoms with E-state index in [1.165, 1.54) is 35.6 Å². The second kappa shape index (κ2) is 8.07. The van der Waals surface area contributed by atoms with Gasteiger partial charge in [0.25, 0.3) is 11.6 Å². The van der Waals surface area contributed by atoms with Crippen LogP contribution < -0.4 is 5.32 Å². The number of nitrogens with zero attached hydrogens (tertiary/aromatic N) is 2. The predicted molar refractivity (Wildman–Crippen MR) is 103 cm³/mol. The Balaban J connectivity index is 1.60. The lowest BCUT2D eigenvalue weighted by Gasteiger charge is -2.11. The maximum atomic E-state index is 12.3. The number of thiazole rings is 1. The van der Waals surface area contributed by atoms with Gasteiger partial charge in [-0.05, 0) is 24.6 Å². The summed E-state index contributed by atoms with van der Waals surface area (Å²) in [6, 6.07) is 13.4. The van der Waals surface area contributed by atoms with Gasteiger partial charge in [-0.15, -0.1) is 11.3 Å². The fourth-order valence-electron chi connectivity index (χ4n) is 2.42. The minimum Gasteiger partial charge on any atom is -0.387 e. The van der Waals surface area contributed by atoms with Gasteiger partial charge in [0.2, 0.25) is 0 Å². The summed E-state index contributed by atoms with van der Waals surface area (Å²) in [5.41, 5.74) is 2.80. The Bertz CT molecular complexity index is 952. The average molecular weight is 383 g/mol. The van der Waals surface area contributed by atoms with E-state index in [0.29, 0.717) is 5.56 Å². The number of aliphatic hydroxyl groups excluding tert-OH is 1. The molecule has 0 bridgehead atoms. The van der Waals surface area contributed by atoms with Gasteiger partial charge in [-0.2, -0.15) is 0 Å². The van der Waals surface area contributed by atoms with Gasteiger partial charge in [0.05, 0.1) is 11.0 Å². The Hall–Kier alpha value is -3.10. The Morgan fingerprint density at radius 3 is 2.52 bits per heavy atom. The number of non-ortho nitro benzene ring substituents is 1. The normalized spacial score (nSPS) is 11.8. The second-order valence-corrected chi connectivity index (χ2v) is 6.84. The van der Waals surface area contributed by atoms with Crippen LogP contribution in [0.25, 0.3) is 10.6 Å². The van der Waals surface area contributed by atoms with Crippen LogP contribution in [-0.4, -0.2) is 27.5 Å². The lowest BCUT2D eigenvalue weighted by Crippen LogP contribution is -2.28. The van der Waals surface area contributed by atoms with Crippen LogP contribution in [0.2, 0.25) is 0 Å². The van der Waals surface area contributed by atoms with E-state index in [0.717, 1.165) is 16.1 Å². The number of aryl methyl sites for hydroxylation is 1. The van der Waals surface area contributed by atoms with Crippen molar-refractivity contribution in [3.8, 4) is 10.6 Å². The van der Waals surface area contributed by atoms with E-state index in [1.807, 2.05) is 31.2 Å². The molecule has 2 aromatic carbocycles. The van der Waals surface area contributed by atoms with Crippen molar-refractivity contribution in [2.75, 3.05) is 6.54 Å². The Kier molecular flexibility index (Phi) is 5.58. The van der Waals surface area contributed by atoms with E-state index < -0.39 is 11.0 Å². The molecule has 0 saturated heterocycles. The summed E-state index contributed by atoms with van der Waals surface area (Å²) in [6.07, 6.45) is -0.968. The third-order valence-corrected chi connectivity index (χ3v) is 4.87. The molecule has 0 aliphatic carbocycles. The van der Waals surface area contributed by atoms with Gasteiger partial charge in [0, 0.05) is 29.6 Å². The number of aromatic nitrogens is 1. The van der Waals surface area contributed by atoms with Gasteiger partial charge in [-0.3, -0.25) is 14.9 Å². The molecule has 27 heavy (non-hydrogen) atoms. The summed E-state index contributed by atoms with van der Waals surface area (Å²) in [5.74, 6) is -0.384. The molecular formula is C19H17N3O4S. The first-order valence-electron chi connectivity index (χ1n) is 8.17. The molecule has 0 radical (unpaired) electrons. The minimum atomic E-state index is -0.968. The topological polar surface area (TPSA) is 105 Å². The van der Waals surface area contributed by atoms with E-state index in [9.17, 15) is 20.0 Å². The van der Waals surface area contributed by atoms with Crippen LogP contribution in [0, 0.1) is 17.0 Å². The second-order valence-electron chi connectivity index (χ2n) is 5.98. The van der Waals surface area contributed by atoms with Crippen LogP contribution in [-0.2, 0) is 0 Å². The summed E-state index contributed by atoms with van der Waals surface area (Å²) in [4.78, 5) is 26.7. The molecule has 138 valence electrons. The predicted octanol–water partition coefficient (Wildman–Crippen LogP) is 3.49. The highest BCUT2D eigenvalue weighted by Gasteiger charge is 2.15. The van der Waals surface area contributed by atoms with Crippen molar-refractivity contribution in [3.63, 3.8) is 0 Å². The third-order valence-electron chi connectivity index (χ3n) is 3.98. The van der Waals surface area contributed by atoms with Crippen LogP contribution in [0.15, 0.2) is 53.9 Å². The van der Waals surface area contributed by atoms with Crippen molar-refractivity contribution in [2.45, 2.75) is 13.0 Å². The van der Waals surface area contributed by atoms with Crippen LogP contribution in [0.4, 0.5) is 5.69 Å². The lowest BCUT2D eigenvalue weighted by atomic mass is 10.1. The van der Waals surface area contributed by atoms with Crippen molar-refractivity contribution in [1.82, 2.24) is 10.3 Å². The zero-order valence-electron chi connectivity index (χ0n) is 14.5. The number of carbonyl (C=O) groups excluding carboxylic acids is 1. The fraction of sp³-hybridized carbons (Fsp3) is 0.158. The molecule has 0 fully saturated rings. The molecule has 3 rings (SSSR count). The molecule has 1 aromatic heterocycles. The highest BCUT2D eigenvalue weighted by Crippen LogP contribution is 2.24. The van der Waals surface area contributed by atoms with Gasteiger partial charge in [-0.25, -0.2) is 4.98 Å². The molecule has 0 aliphatic heterocycles. The average Bonchev–Trinajstić information content (AvgIpc) is 3.16. The zero-order chi connectivity index (χ0) is 19.4. The summed E-state index contributed by atoms with van der Waals surface area (Å²) >= 11 is 1.37. The van der Waals surface area contributed by atoms with Gasteiger partial charge >= 0.3 is 0 Å². The smallest absolute Gasteiger partial charge is 0.270 e. The van der Waals surface area contributed by atoms with Crippen molar-refractivity contribution in [1.29, 1.82) is 0 Å². The Morgan fingerprint density at radius 2 is 1.89 bits per heavy atom. The monoisotopic (exact) mass is 383 g/mol. The van der Waals surface area contributed by atoms with Crippen LogP contribution in [0.3, 0.4) is 0 Å². The number of nitrogens with one attached hydrogen (secondary N) is 1. The molecule has 0 saturated carbocycles. The van der Waals surface area contributed by atoms with Crippen molar-refractivity contribution >= 4 is 22.9 Å². The number of aliphatic hydroxyl groups is 1. The van der Waals surface area contributed by atoms with Gasteiger partial charge in [-0.1, -0.05) is 29.8 Å². The van der Waals surface area contributed by atoms with Crippen molar-refractivity contribution in [3.05, 3.63) is 80.8 Å². The molecule has 1 amide bonds. The largest absolute Gasteiger partial charge is 0.387 e. The molecule has 3 aromatic rings. The third kappa shape index (κ3) is 4.55. The number of nitro groups is 1. The number of nitro benzene ring substituents is 1. The lowest BCUT2D eigenvalue weighted by molar-refractivity contribution is -0.384. The van der Waals surface area contributed by atoms with Crippen molar-refractivity contribution < 1.29 is 14.8 Å². The molecule has 0 spiro atoms. The molecule has 8 heteroatoms. The van der Waals surface area contributed by atoms with Crippen LogP contribution >= 0.6 is 11.3 Å². The number of rotatable bonds is 6. The van der Waals surface area contributed by atoms with E-state index in [-0.39, 0.29) is 23.8 Å². The molecule has 1 heterocycles. The molecular weight excluding hydrogens is 366 g/mol. The maximum absolute atomic E-state index is 12.3. The number of hydrogen-bond donors (Lipinski definition) is 2. The Labute approximate surface area is 159 Å². The number of amides is 1. The molecule has 1 atom stereocenters. The van der Waals surface area contributed by atoms with E-state index in [1.54, 1.807) is 5.38 Å². The quantitative estimate of drug-likeness (QED) is 0.501.